The van der Waals surface area contributed by atoms with Gasteiger partial charge in [-0.25, -0.2) is 13.4 Å². The lowest BCUT2D eigenvalue weighted by atomic mass is 10.2. The van der Waals surface area contributed by atoms with Crippen LogP contribution in [0.3, 0.4) is 0 Å². The molecule has 0 atom stereocenters. The summed E-state index contributed by atoms with van der Waals surface area (Å²) < 4.78 is 26.7. The van der Waals surface area contributed by atoms with Crippen LogP contribution >= 0.6 is 0 Å². The zero-order valence-corrected chi connectivity index (χ0v) is 17.1. The standard InChI is InChI=1S/C21H22N6O2S/c28-30(29,17-11-18-6-2-1-3-7-18)27-15-13-26(14-16-27)21-10-9-20(24-25-21)23-19-8-4-5-12-22-19/h1-12,17H,13-16H2,(H,22,23,24)/b17-11+. The third kappa shape index (κ3) is 5.00. The van der Waals surface area contributed by atoms with Gasteiger partial charge in [-0.3, -0.25) is 0 Å². The van der Waals surface area contributed by atoms with Crippen molar-refractivity contribution in [3.05, 3.63) is 77.8 Å². The lowest BCUT2D eigenvalue weighted by Gasteiger charge is -2.33. The van der Waals surface area contributed by atoms with Crippen molar-refractivity contribution in [1.29, 1.82) is 0 Å². The first-order chi connectivity index (χ1) is 14.6. The highest BCUT2D eigenvalue weighted by molar-refractivity contribution is 7.92. The third-order valence-corrected chi connectivity index (χ3v) is 6.29. The molecule has 0 aliphatic carbocycles. The molecule has 1 aliphatic rings. The molecule has 0 spiro atoms. The number of rotatable bonds is 6. The molecule has 0 radical (unpaired) electrons. The Morgan fingerprint density at radius 3 is 2.27 bits per heavy atom. The normalized spacial score (nSPS) is 15.4. The fourth-order valence-corrected chi connectivity index (χ4v) is 4.29. The van der Waals surface area contributed by atoms with Gasteiger partial charge in [-0.1, -0.05) is 36.4 Å². The second-order valence-electron chi connectivity index (χ2n) is 6.76. The second-order valence-corrected chi connectivity index (χ2v) is 8.58. The molecule has 1 N–H and O–H groups in total. The van der Waals surface area contributed by atoms with Gasteiger partial charge in [-0.05, 0) is 35.9 Å². The van der Waals surface area contributed by atoms with Gasteiger partial charge in [0.25, 0.3) is 0 Å². The van der Waals surface area contributed by atoms with Crippen molar-refractivity contribution in [2.75, 3.05) is 36.4 Å². The first-order valence-corrected chi connectivity index (χ1v) is 11.1. The predicted octanol–water partition coefficient (Wildman–Crippen LogP) is 2.74. The highest BCUT2D eigenvalue weighted by atomic mass is 32.2. The molecule has 3 aromatic rings. The number of benzene rings is 1. The van der Waals surface area contributed by atoms with Gasteiger partial charge in [0, 0.05) is 37.8 Å². The lowest BCUT2D eigenvalue weighted by molar-refractivity contribution is 0.388. The summed E-state index contributed by atoms with van der Waals surface area (Å²) in [6, 6.07) is 18.7. The summed E-state index contributed by atoms with van der Waals surface area (Å²) >= 11 is 0. The molecule has 3 heterocycles. The molecule has 9 heteroatoms. The number of nitrogens with one attached hydrogen (secondary N) is 1. The highest BCUT2D eigenvalue weighted by Crippen LogP contribution is 2.18. The number of pyridine rings is 1. The Labute approximate surface area is 175 Å². The number of nitrogens with zero attached hydrogens (tertiary/aromatic N) is 5. The van der Waals surface area contributed by atoms with E-state index in [0.717, 1.165) is 11.4 Å². The van der Waals surface area contributed by atoms with E-state index in [9.17, 15) is 8.42 Å². The minimum Gasteiger partial charge on any atom is -0.352 e. The van der Waals surface area contributed by atoms with Crippen LogP contribution < -0.4 is 10.2 Å². The third-order valence-electron chi connectivity index (χ3n) is 4.73. The smallest absolute Gasteiger partial charge is 0.236 e. The number of anilines is 3. The number of hydrogen-bond acceptors (Lipinski definition) is 7. The van der Waals surface area contributed by atoms with Gasteiger partial charge in [-0.2, -0.15) is 4.31 Å². The molecule has 2 aromatic heterocycles. The van der Waals surface area contributed by atoms with Gasteiger partial charge >= 0.3 is 0 Å². The summed E-state index contributed by atoms with van der Waals surface area (Å²) in [5, 5.41) is 12.8. The van der Waals surface area contributed by atoms with Crippen molar-refractivity contribution < 1.29 is 8.42 Å². The van der Waals surface area contributed by atoms with Crippen LogP contribution in [0, 0.1) is 0 Å². The summed E-state index contributed by atoms with van der Waals surface area (Å²) in [6.45, 7) is 1.91. The first-order valence-electron chi connectivity index (χ1n) is 9.60. The van der Waals surface area contributed by atoms with Gasteiger partial charge < -0.3 is 10.2 Å². The van der Waals surface area contributed by atoms with E-state index in [0.29, 0.717) is 37.8 Å². The summed E-state index contributed by atoms with van der Waals surface area (Å²) in [6.07, 6.45) is 3.33. The fourth-order valence-electron chi connectivity index (χ4n) is 3.11. The molecule has 0 unspecified atom stereocenters. The molecule has 1 saturated heterocycles. The number of hydrogen-bond donors (Lipinski definition) is 1. The maximum absolute atomic E-state index is 12.6. The number of aromatic nitrogens is 3. The quantitative estimate of drug-likeness (QED) is 0.653. The van der Waals surface area contributed by atoms with Crippen LogP contribution in [0.25, 0.3) is 6.08 Å². The Morgan fingerprint density at radius 1 is 0.833 bits per heavy atom. The Hall–Kier alpha value is -3.30. The van der Waals surface area contributed by atoms with Crippen molar-refractivity contribution in [2.24, 2.45) is 0 Å². The van der Waals surface area contributed by atoms with E-state index in [1.807, 2.05) is 65.6 Å². The minimum atomic E-state index is -3.46. The van der Waals surface area contributed by atoms with E-state index in [1.54, 1.807) is 12.3 Å². The predicted molar refractivity (Wildman–Crippen MR) is 118 cm³/mol. The van der Waals surface area contributed by atoms with Crippen molar-refractivity contribution in [3.8, 4) is 0 Å². The van der Waals surface area contributed by atoms with E-state index < -0.39 is 10.0 Å². The van der Waals surface area contributed by atoms with Crippen LogP contribution in [-0.4, -0.2) is 54.1 Å². The molecule has 0 saturated carbocycles. The Morgan fingerprint density at radius 2 is 1.60 bits per heavy atom. The second kappa shape index (κ2) is 9.02. The molecule has 0 amide bonds. The van der Waals surface area contributed by atoms with Crippen LogP contribution in [0.2, 0.25) is 0 Å². The summed E-state index contributed by atoms with van der Waals surface area (Å²) in [7, 11) is -3.46. The van der Waals surface area contributed by atoms with Crippen LogP contribution in [0.1, 0.15) is 5.56 Å². The first kappa shape index (κ1) is 20.0. The topological polar surface area (TPSA) is 91.3 Å². The van der Waals surface area contributed by atoms with Gasteiger partial charge in [0.05, 0.1) is 0 Å². The molecule has 154 valence electrons. The molecule has 8 nitrogen and oxygen atoms in total. The van der Waals surface area contributed by atoms with Crippen molar-refractivity contribution >= 4 is 33.6 Å². The van der Waals surface area contributed by atoms with Gasteiger partial charge in [-0.15, -0.1) is 10.2 Å². The van der Waals surface area contributed by atoms with Gasteiger partial charge in [0.1, 0.15) is 5.82 Å². The van der Waals surface area contributed by atoms with Crippen LogP contribution in [0.5, 0.6) is 0 Å². The SMILES string of the molecule is O=S(=O)(/C=C/c1ccccc1)N1CCN(c2ccc(Nc3ccccn3)nn2)CC1. The van der Waals surface area contributed by atoms with Crippen LogP contribution in [-0.2, 0) is 10.0 Å². The van der Waals surface area contributed by atoms with E-state index in [4.69, 9.17) is 0 Å². The van der Waals surface area contributed by atoms with Crippen molar-refractivity contribution in [1.82, 2.24) is 19.5 Å². The average Bonchev–Trinajstić information content (AvgIpc) is 2.80. The van der Waals surface area contributed by atoms with E-state index in [1.165, 1.54) is 9.71 Å². The van der Waals surface area contributed by atoms with Crippen molar-refractivity contribution in [3.63, 3.8) is 0 Å². The minimum absolute atomic E-state index is 0.400. The maximum atomic E-state index is 12.6. The van der Waals surface area contributed by atoms with Crippen LogP contribution in [0.15, 0.2) is 72.3 Å². The summed E-state index contributed by atoms with van der Waals surface area (Å²) in [4.78, 5) is 6.23. The Bertz CT molecular complexity index is 1080. The molecular formula is C21H22N6O2S. The van der Waals surface area contributed by atoms with E-state index in [2.05, 4.69) is 20.5 Å². The van der Waals surface area contributed by atoms with Gasteiger partial charge in [0.15, 0.2) is 11.6 Å². The van der Waals surface area contributed by atoms with Crippen molar-refractivity contribution in [2.45, 2.75) is 0 Å². The molecule has 30 heavy (non-hydrogen) atoms. The average molecular weight is 423 g/mol. The molecule has 1 fully saturated rings. The fraction of sp³-hybridized carbons (Fsp3) is 0.190. The lowest BCUT2D eigenvalue weighted by Crippen LogP contribution is -2.48. The maximum Gasteiger partial charge on any atom is 0.236 e. The largest absolute Gasteiger partial charge is 0.352 e. The Kier molecular flexibility index (Phi) is 6.01. The summed E-state index contributed by atoms with van der Waals surface area (Å²) in [5.41, 5.74) is 0.856. The monoisotopic (exact) mass is 422 g/mol. The Balaban J connectivity index is 1.34. The molecular weight excluding hydrogens is 400 g/mol. The van der Waals surface area contributed by atoms with E-state index in [-0.39, 0.29) is 0 Å². The van der Waals surface area contributed by atoms with E-state index >= 15 is 0 Å². The number of sulfonamides is 1. The van der Waals surface area contributed by atoms with Crippen LogP contribution in [0.4, 0.5) is 17.5 Å². The number of piperazine rings is 1. The molecule has 4 rings (SSSR count). The molecule has 1 aromatic carbocycles. The summed E-state index contributed by atoms with van der Waals surface area (Å²) in [5.74, 6) is 2.02. The van der Waals surface area contributed by atoms with Gasteiger partial charge in [0.2, 0.25) is 10.0 Å². The highest BCUT2D eigenvalue weighted by Gasteiger charge is 2.25. The zero-order valence-electron chi connectivity index (χ0n) is 16.3. The molecule has 0 bridgehead atoms. The molecule has 1 aliphatic heterocycles. The zero-order chi connectivity index (χ0) is 20.8.